The van der Waals surface area contributed by atoms with Gasteiger partial charge in [-0.15, -0.1) is 0 Å². The standard InChI is InChI=1S/C25H31FN2O4/c1-30-23-11-18(12-24(14-23)31-2)15-27-16-20(19-3-5-22(26)6-4-19)13-21(17-27)25(29)28-7-9-32-10-8-28/h3-6,11-12,14,20-21H,7-10,13,15-17H2,1-2H3. The Balaban J connectivity index is 1.56. The van der Waals surface area contributed by atoms with Crippen LogP contribution in [0.15, 0.2) is 42.5 Å². The molecule has 2 saturated heterocycles. The fourth-order valence-electron chi connectivity index (χ4n) is 4.73. The average molecular weight is 443 g/mol. The number of ether oxygens (including phenoxy) is 3. The van der Waals surface area contributed by atoms with Crippen LogP contribution in [-0.2, 0) is 16.1 Å². The zero-order valence-corrected chi connectivity index (χ0v) is 18.8. The second-order valence-electron chi connectivity index (χ2n) is 8.53. The average Bonchev–Trinajstić information content (AvgIpc) is 2.84. The highest BCUT2D eigenvalue weighted by Gasteiger charge is 2.35. The van der Waals surface area contributed by atoms with Crippen molar-refractivity contribution in [2.24, 2.45) is 5.92 Å². The first-order valence-corrected chi connectivity index (χ1v) is 11.1. The Morgan fingerprint density at radius 3 is 2.31 bits per heavy atom. The summed E-state index contributed by atoms with van der Waals surface area (Å²) in [4.78, 5) is 17.6. The molecular weight excluding hydrogens is 411 g/mol. The van der Waals surface area contributed by atoms with Gasteiger partial charge in [0, 0.05) is 38.8 Å². The Hall–Kier alpha value is -2.64. The zero-order valence-electron chi connectivity index (χ0n) is 18.8. The van der Waals surface area contributed by atoms with Gasteiger partial charge >= 0.3 is 0 Å². The summed E-state index contributed by atoms with van der Waals surface area (Å²) < 4.78 is 29.8. The maximum Gasteiger partial charge on any atom is 0.227 e. The molecule has 2 aromatic rings. The van der Waals surface area contributed by atoms with E-state index >= 15 is 0 Å². The SMILES string of the molecule is COc1cc(CN2CC(C(=O)N3CCOCC3)CC(c3ccc(F)cc3)C2)cc(OC)c1. The molecule has 4 rings (SSSR count). The highest BCUT2D eigenvalue weighted by molar-refractivity contribution is 5.79. The van der Waals surface area contributed by atoms with Gasteiger partial charge in [0.25, 0.3) is 0 Å². The highest BCUT2D eigenvalue weighted by Crippen LogP contribution is 2.33. The van der Waals surface area contributed by atoms with Gasteiger partial charge in [-0.05, 0) is 47.7 Å². The third-order valence-corrected chi connectivity index (χ3v) is 6.36. The Bertz CT molecular complexity index is 892. The summed E-state index contributed by atoms with van der Waals surface area (Å²) in [6, 6.07) is 12.5. The number of amides is 1. The lowest BCUT2D eigenvalue weighted by atomic mass is 9.83. The summed E-state index contributed by atoms with van der Waals surface area (Å²) in [6.07, 6.45) is 0.764. The number of rotatable bonds is 6. The van der Waals surface area contributed by atoms with Gasteiger partial charge in [-0.2, -0.15) is 0 Å². The molecule has 7 heteroatoms. The number of morpholine rings is 1. The number of carbonyl (C=O) groups excluding carboxylic acids is 1. The fraction of sp³-hybridized carbons (Fsp3) is 0.480. The molecule has 0 saturated carbocycles. The molecule has 2 aromatic carbocycles. The summed E-state index contributed by atoms with van der Waals surface area (Å²) in [7, 11) is 3.28. The molecule has 2 heterocycles. The van der Waals surface area contributed by atoms with E-state index < -0.39 is 0 Å². The van der Waals surface area contributed by atoms with Crippen molar-refractivity contribution in [1.82, 2.24) is 9.80 Å². The number of hydrogen-bond acceptors (Lipinski definition) is 5. The molecule has 0 bridgehead atoms. The zero-order chi connectivity index (χ0) is 22.5. The normalized spacial score (nSPS) is 21.9. The van der Waals surface area contributed by atoms with Crippen molar-refractivity contribution in [3.8, 4) is 11.5 Å². The van der Waals surface area contributed by atoms with E-state index in [1.165, 1.54) is 12.1 Å². The van der Waals surface area contributed by atoms with E-state index in [4.69, 9.17) is 14.2 Å². The van der Waals surface area contributed by atoms with Crippen LogP contribution >= 0.6 is 0 Å². The molecule has 6 nitrogen and oxygen atoms in total. The van der Waals surface area contributed by atoms with Crippen molar-refractivity contribution in [3.63, 3.8) is 0 Å². The number of methoxy groups -OCH3 is 2. The third kappa shape index (κ3) is 5.40. The lowest BCUT2D eigenvalue weighted by molar-refractivity contribution is -0.141. The number of benzene rings is 2. The van der Waals surface area contributed by atoms with E-state index in [1.807, 2.05) is 35.2 Å². The Morgan fingerprint density at radius 1 is 1.03 bits per heavy atom. The van der Waals surface area contributed by atoms with E-state index in [1.54, 1.807) is 14.2 Å². The number of hydrogen-bond donors (Lipinski definition) is 0. The molecule has 32 heavy (non-hydrogen) atoms. The summed E-state index contributed by atoms with van der Waals surface area (Å²) in [5.74, 6) is 1.48. The van der Waals surface area contributed by atoms with Crippen LogP contribution in [0.3, 0.4) is 0 Å². The van der Waals surface area contributed by atoms with Gasteiger partial charge in [0.2, 0.25) is 5.91 Å². The van der Waals surface area contributed by atoms with Crippen molar-refractivity contribution in [1.29, 1.82) is 0 Å². The van der Waals surface area contributed by atoms with Crippen molar-refractivity contribution in [2.45, 2.75) is 18.9 Å². The van der Waals surface area contributed by atoms with E-state index in [-0.39, 0.29) is 23.6 Å². The van der Waals surface area contributed by atoms with Gasteiger partial charge < -0.3 is 19.1 Å². The monoisotopic (exact) mass is 442 g/mol. The van der Waals surface area contributed by atoms with Crippen molar-refractivity contribution in [2.75, 3.05) is 53.6 Å². The molecule has 0 aromatic heterocycles. The molecule has 2 fully saturated rings. The number of halogens is 1. The lowest BCUT2D eigenvalue weighted by Gasteiger charge is -2.40. The predicted molar refractivity (Wildman–Crippen MR) is 119 cm³/mol. The summed E-state index contributed by atoms with van der Waals surface area (Å²) in [5.41, 5.74) is 2.14. The van der Waals surface area contributed by atoms with Crippen molar-refractivity contribution < 1.29 is 23.4 Å². The lowest BCUT2D eigenvalue weighted by Crippen LogP contribution is -2.49. The van der Waals surface area contributed by atoms with E-state index in [0.29, 0.717) is 39.4 Å². The molecule has 0 spiro atoms. The first-order valence-electron chi connectivity index (χ1n) is 11.1. The molecule has 2 aliphatic rings. The predicted octanol–water partition coefficient (Wildman–Crippen LogP) is 3.31. The van der Waals surface area contributed by atoms with Crippen LogP contribution in [-0.4, -0.2) is 69.3 Å². The van der Waals surface area contributed by atoms with Crippen molar-refractivity contribution >= 4 is 5.91 Å². The minimum absolute atomic E-state index is 0.107. The Kier molecular flexibility index (Phi) is 7.27. The van der Waals surface area contributed by atoms with Gasteiger partial charge in [-0.25, -0.2) is 4.39 Å². The number of carbonyl (C=O) groups is 1. The molecule has 0 aliphatic carbocycles. The molecule has 0 N–H and O–H groups in total. The van der Waals surface area contributed by atoms with E-state index in [2.05, 4.69) is 4.90 Å². The minimum Gasteiger partial charge on any atom is -0.497 e. The van der Waals surface area contributed by atoms with Gasteiger partial charge in [-0.3, -0.25) is 9.69 Å². The summed E-state index contributed by atoms with van der Waals surface area (Å²) in [5, 5.41) is 0. The fourth-order valence-corrected chi connectivity index (χ4v) is 4.73. The summed E-state index contributed by atoms with van der Waals surface area (Å²) >= 11 is 0. The first-order chi connectivity index (χ1) is 15.6. The molecule has 1 amide bonds. The second kappa shape index (κ2) is 10.3. The van der Waals surface area contributed by atoms with Crippen LogP contribution < -0.4 is 9.47 Å². The molecule has 172 valence electrons. The third-order valence-electron chi connectivity index (χ3n) is 6.36. The van der Waals surface area contributed by atoms with Crippen LogP contribution in [0.1, 0.15) is 23.5 Å². The molecule has 2 aliphatic heterocycles. The van der Waals surface area contributed by atoms with E-state index in [0.717, 1.165) is 35.6 Å². The first kappa shape index (κ1) is 22.6. The van der Waals surface area contributed by atoms with Crippen LogP contribution in [0, 0.1) is 11.7 Å². The number of piperidine rings is 1. The van der Waals surface area contributed by atoms with Crippen LogP contribution in [0.5, 0.6) is 11.5 Å². The molecular formula is C25H31FN2O4. The Morgan fingerprint density at radius 2 is 1.69 bits per heavy atom. The van der Waals surface area contributed by atoms with Crippen LogP contribution in [0.4, 0.5) is 4.39 Å². The smallest absolute Gasteiger partial charge is 0.227 e. The maximum atomic E-state index is 13.5. The number of nitrogens with zero attached hydrogens (tertiary/aromatic N) is 2. The minimum atomic E-state index is -0.245. The number of likely N-dealkylation sites (tertiary alicyclic amines) is 1. The molecule has 2 unspecified atom stereocenters. The van der Waals surface area contributed by atoms with Gasteiger partial charge in [0.1, 0.15) is 17.3 Å². The van der Waals surface area contributed by atoms with Crippen LogP contribution in [0.25, 0.3) is 0 Å². The van der Waals surface area contributed by atoms with E-state index in [9.17, 15) is 9.18 Å². The second-order valence-corrected chi connectivity index (χ2v) is 8.53. The van der Waals surface area contributed by atoms with Gasteiger partial charge in [0.15, 0.2) is 0 Å². The quantitative estimate of drug-likeness (QED) is 0.687. The molecule has 2 atom stereocenters. The topological polar surface area (TPSA) is 51.2 Å². The summed E-state index contributed by atoms with van der Waals surface area (Å²) in [6.45, 7) is 4.64. The highest BCUT2D eigenvalue weighted by atomic mass is 19.1. The van der Waals surface area contributed by atoms with Crippen LogP contribution in [0.2, 0.25) is 0 Å². The van der Waals surface area contributed by atoms with Crippen molar-refractivity contribution in [3.05, 3.63) is 59.4 Å². The maximum absolute atomic E-state index is 13.5. The van der Waals surface area contributed by atoms with Gasteiger partial charge in [0.05, 0.1) is 33.4 Å². The Labute approximate surface area is 188 Å². The molecule has 0 radical (unpaired) electrons. The van der Waals surface area contributed by atoms with Gasteiger partial charge in [-0.1, -0.05) is 12.1 Å². The largest absolute Gasteiger partial charge is 0.497 e.